The van der Waals surface area contributed by atoms with E-state index in [1.165, 1.54) is 29.8 Å². The number of ether oxygens (including phenoxy) is 1. The Morgan fingerprint density at radius 3 is 2.62 bits per heavy atom. The number of aliphatic hydroxyl groups is 1. The van der Waals surface area contributed by atoms with Crippen LogP contribution in [-0.2, 0) is 33.6 Å². The number of aliphatic hydroxyl groups excluding tert-OH is 1. The Kier molecular flexibility index (Phi) is 8.29. The van der Waals surface area contributed by atoms with Crippen LogP contribution in [0.25, 0.3) is 0 Å². The zero-order chi connectivity index (χ0) is 23.9. The maximum absolute atomic E-state index is 12.3. The number of amides is 1. The van der Waals surface area contributed by atoms with Gasteiger partial charge >= 0.3 is 5.97 Å². The van der Waals surface area contributed by atoms with Crippen molar-refractivity contribution in [1.29, 1.82) is 0 Å². The molecule has 0 bridgehead atoms. The van der Waals surface area contributed by atoms with Gasteiger partial charge in [0, 0.05) is 24.4 Å². The molecule has 1 aromatic heterocycles. The molecule has 7 nitrogen and oxygen atoms in total. The molecule has 0 aliphatic heterocycles. The topological polar surface area (TPSA) is 109 Å². The van der Waals surface area contributed by atoms with Gasteiger partial charge in [-0.2, -0.15) is 0 Å². The van der Waals surface area contributed by atoms with Crippen molar-refractivity contribution < 1.29 is 24.5 Å². The molecule has 1 fully saturated rings. The van der Waals surface area contributed by atoms with E-state index in [0.717, 1.165) is 38.5 Å². The second kappa shape index (κ2) is 11.6. The monoisotopic (exact) mass is 466 g/mol. The molecule has 34 heavy (non-hydrogen) atoms. The van der Waals surface area contributed by atoms with Crippen LogP contribution in [0, 0.1) is 5.92 Å². The van der Waals surface area contributed by atoms with E-state index in [4.69, 9.17) is 9.72 Å². The molecule has 2 aliphatic carbocycles. The molecule has 0 radical (unpaired) electrons. The minimum absolute atomic E-state index is 0.140. The molecular formula is C27H34N2O5. The van der Waals surface area contributed by atoms with E-state index in [0.29, 0.717) is 11.5 Å². The summed E-state index contributed by atoms with van der Waals surface area (Å²) in [5.74, 6) is -1.25. The number of fused-ring (bicyclic) bond motifs is 1. The van der Waals surface area contributed by atoms with Crippen molar-refractivity contribution in [1.82, 2.24) is 10.3 Å². The lowest BCUT2D eigenvalue weighted by atomic mass is 9.79. The van der Waals surface area contributed by atoms with Crippen LogP contribution >= 0.6 is 0 Å². The second-order valence-corrected chi connectivity index (χ2v) is 9.49. The van der Waals surface area contributed by atoms with Crippen molar-refractivity contribution in [2.75, 3.05) is 6.61 Å². The molecule has 7 heteroatoms. The predicted molar refractivity (Wildman–Crippen MR) is 127 cm³/mol. The van der Waals surface area contributed by atoms with Crippen LogP contribution in [0.5, 0.6) is 0 Å². The maximum atomic E-state index is 12.3. The van der Waals surface area contributed by atoms with Gasteiger partial charge in [-0.25, -0.2) is 4.79 Å². The van der Waals surface area contributed by atoms with Gasteiger partial charge in [-0.3, -0.25) is 9.78 Å². The fourth-order valence-electron chi connectivity index (χ4n) is 4.81. The number of carboxylic acid groups (broad SMARTS) is 1. The van der Waals surface area contributed by atoms with Gasteiger partial charge in [0.15, 0.2) is 6.10 Å². The number of pyridine rings is 1. The molecule has 1 aromatic carbocycles. The van der Waals surface area contributed by atoms with Crippen LogP contribution in [0.15, 0.2) is 42.5 Å². The summed E-state index contributed by atoms with van der Waals surface area (Å²) in [6.07, 6.45) is 7.70. The van der Waals surface area contributed by atoms with Crippen molar-refractivity contribution >= 4 is 11.9 Å². The third-order valence-corrected chi connectivity index (χ3v) is 6.98. The number of aryl methyl sites for hydroxylation is 3. The lowest BCUT2D eigenvalue weighted by Crippen LogP contribution is -2.44. The molecule has 1 unspecified atom stereocenters. The predicted octanol–water partition coefficient (Wildman–Crippen LogP) is 3.38. The first-order valence-electron chi connectivity index (χ1n) is 12.3. The van der Waals surface area contributed by atoms with Gasteiger partial charge in [0.1, 0.15) is 6.04 Å². The molecular weight excluding hydrogens is 432 g/mol. The van der Waals surface area contributed by atoms with Crippen LogP contribution < -0.4 is 5.32 Å². The van der Waals surface area contributed by atoms with E-state index in [2.05, 4.69) is 17.4 Å². The number of hydrogen-bond acceptors (Lipinski definition) is 5. The Morgan fingerprint density at radius 2 is 1.85 bits per heavy atom. The smallest absolute Gasteiger partial charge is 0.326 e. The van der Waals surface area contributed by atoms with Crippen LogP contribution in [-0.4, -0.2) is 45.8 Å². The van der Waals surface area contributed by atoms with E-state index in [1.807, 2.05) is 0 Å². The van der Waals surface area contributed by atoms with Gasteiger partial charge in [0.2, 0.25) is 0 Å². The number of carbonyl (C=O) groups is 2. The summed E-state index contributed by atoms with van der Waals surface area (Å²) < 4.78 is 5.85. The zero-order valence-electron chi connectivity index (χ0n) is 19.5. The zero-order valence-corrected chi connectivity index (χ0v) is 19.5. The van der Waals surface area contributed by atoms with E-state index >= 15 is 0 Å². The highest BCUT2D eigenvalue weighted by Gasteiger charge is 2.30. The molecule has 0 saturated heterocycles. The first kappa shape index (κ1) is 24.4. The van der Waals surface area contributed by atoms with Crippen LogP contribution in [0.1, 0.15) is 67.1 Å². The number of nitrogens with zero attached hydrogens (tertiary/aromatic N) is 1. The average Bonchev–Trinajstić information content (AvgIpc) is 2.83. The SMILES string of the molecule is O=C(O)C(CCOC1CC(CCc2ccc3c(n2)CCCC3)C1)NC(=O)[C@H](O)c1ccccc1. The normalized spacial score (nSPS) is 21.1. The maximum Gasteiger partial charge on any atom is 0.326 e. The van der Waals surface area contributed by atoms with Crippen molar-refractivity contribution in [2.45, 2.75) is 76.0 Å². The lowest BCUT2D eigenvalue weighted by Gasteiger charge is -2.35. The standard InChI is InChI=1S/C27H34N2O5/c30-25(20-7-2-1-3-8-20)26(31)29-24(27(32)33)14-15-34-22-16-18(17-22)10-12-21-13-11-19-6-4-5-9-23(19)28-21/h1-3,7-8,11,13,18,22,24-25,30H,4-6,9-10,12,14-17H2,(H,29,31)(H,32,33)/t18?,22?,24?,25-/m1/s1. The molecule has 1 amide bonds. The molecule has 2 atom stereocenters. The molecule has 0 spiro atoms. The Bertz CT molecular complexity index is 974. The summed E-state index contributed by atoms with van der Waals surface area (Å²) in [7, 11) is 0. The third-order valence-electron chi connectivity index (χ3n) is 6.98. The molecule has 182 valence electrons. The summed E-state index contributed by atoms with van der Waals surface area (Å²) >= 11 is 0. The van der Waals surface area contributed by atoms with Crippen LogP contribution in [0.2, 0.25) is 0 Å². The molecule has 4 rings (SSSR count). The average molecular weight is 467 g/mol. The highest BCUT2D eigenvalue weighted by atomic mass is 16.5. The first-order chi connectivity index (χ1) is 16.5. The van der Waals surface area contributed by atoms with Crippen molar-refractivity contribution in [2.24, 2.45) is 5.92 Å². The number of nitrogens with one attached hydrogen (secondary N) is 1. The molecule has 2 aromatic rings. The van der Waals surface area contributed by atoms with Crippen molar-refractivity contribution in [3.05, 3.63) is 65.0 Å². The highest BCUT2D eigenvalue weighted by molar-refractivity contribution is 5.86. The molecule has 2 aliphatic rings. The quantitative estimate of drug-likeness (QED) is 0.469. The Balaban J connectivity index is 1.14. The van der Waals surface area contributed by atoms with Crippen LogP contribution in [0.4, 0.5) is 0 Å². The Hall–Kier alpha value is -2.77. The number of carbonyl (C=O) groups excluding carboxylic acids is 1. The second-order valence-electron chi connectivity index (χ2n) is 9.49. The van der Waals surface area contributed by atoms with Gasteiger partial charge in [-0.1, -0.05) is 36.4 Å². The third kappa shape index (κ3) is 6.42. The first-order valence-corrected chi connectivity index (χ1v) is 12.3. The summed E-state index contributed by atoms with van der Waals surface area (Å²) in [4.78, 5) is 28.7. The number of hydrogen-bond donors (Lipinski definition) is 3. The molecule has 1 saturated carbocycles. The summed E-state index contributed by atoms with van der Waals surface area (Å²) in [5.41, 5.74) is 4.31. The van der Waals surface area contributed by atoms with Crippen molar-refractivity contribution in [3.63, 3.8) is 0 Å². The summed E-state index contributed by atoms with van der Waals surface area (Å²) in [6, 6.07) is 11.8. The summed E-state index contributed by atoms with van der Waals surface area (Å²) in [6.45, 7) is 0.252. The van der Waals surface area contributed by atoms with Gasteiger partial charge in [-0.15, -0.1) is 0 Å². The lowest BCUT2D eigenvalue weighted by molar-refractivity contribution is -0.144. The number of benzene rings is 1. The number of aromatic nitrogens is 1. The number of carboxylic acids is 1. The largest absolute Gasteiger partial charge is 0.480 e. The minimum Gasteiger partial charge on any atom is -0.480 e. The van der Waals surface area contributed by atoms with E-state index < -0.39 is 24.0 Å². The Labute approximate surface area is 200 Å². The highest BCUT2D eigenvalue weighted by Crippen LogP contribution is 2.34. The fraction of sp³-hybridized carbons (Fsp3) is 0.519. The summed E-state index contributed by atoms with van der Waals surface area (Å²) in [5, 5.41) is 22.0. The van der Waals surface area contributed by atoms with E-state index in [1.54, 1.807) is 30.3 Å². The van der Waals surface area contributed by atoms with E-state index in [9.17, 15) is 19.8 Å². The van der Waals surface area contributed by atoms with Gasteiger partial charge in [0.05, 0.1) is 6.10 Å². The van der Waals surface area contributed by atoms with Gasteiger partial charge in [0.25, 0.3) is 5.91 Å². The van der Waals surface area contributed by atoms with Gasteiger partial charge in [-0.05, 0) is 74.5 Å². The van der Waals surface area contributed by atoms with E-state index in [-0.39, 0.29) is 19.1 Å². The number of aliphatic carboxylic acids is 1. The fourth-order valence-corrected chi connectivity index (χ4v) is 4.81. The van der Waals surface area contributed by atoms with Crippen LogP contribution in [0.3, 0.4) is 0 Å². The van der Waals surface area contributed by atoms with Crippen molar-refractivity contribution in [3.8, 4) is 0 Å². The molecule has 3 N–H and O–H groups in total. The minimum atomic E-state index is -1.40. The van der Waals surface area contributed by atoms with Gasteiger partial charge < -0.3 is 20.3 Å². The molecule has 1 heterocycles. The number of rotatable bonds is 11. The Morgan fingerprint density at radius 1 is 1.09 bits per heavy atom.